The minimum Gasteiger partial charge on any atom is -0.488 e. The minimum atomic E-state index is -0.513. The first-order chi connectivity index (χ1) is 18.0. The summed E-state index contributed by atoms with van der Waals surface area (Å²) in [5.74, 6) is -1.53. The molecule has 3 aromatic rings. The normalized spacial score (nSPS) is 18.9. The van der Waals surface area contributed by atoms with Crippen LogP contribution in [0.2, 0.25) is 0 Å². The zero-order valence-corrected chi connectivity index (χ0v) is 21.1. The van der Waals surface area contributed by atoms with Crippen molar-refractivity contribution in [2.24, 2.45) is 0 Å². The number of carbonyl (C=O) groups is 2. The Morgan fingerprint density at radius 1 is 1.14 bits per heavy atom. The number of amides is 2. The number of carbonyl (C=O) groups excluding carboxylic acids is 2. The monoisotopic (exact) mass is 526 g/mol. The lowest BCUT2D eigenvalue weighted by molar-refractivity contribution is -0.135. The molecule has 2 aromatic carbocycles. The molecule has 2 aliphatic rings. The van der Waals surface area contributed by atoms with Gasteiger partial charge in [-0.2, -0.15) is 0 Å². The Hall–Kier alpha value is -3.30. The van der Waals surface area contributed by atoms with Gasteiger partial charge in [-0.3, -0.25) is 9.59 Å². The predicted octanol–water partition coefficient (Wildman–Crippen LogP) is 4.85. The first-order valence-corrected chi connectivity index (χ1v) is 13.3. The van der Waals surface area contributed by atoms with Crippen LogP contribution in [0.5, 0.6) is 5.75 Å². The van der Waals surface area contributed by atoms with Gasteiger partial charge in [-0.05, 0) is 66.6 Å². The van der Waals surface area contributed by atoms with Crippen LogP contribution in [0.25, 0.3) is 0 Å². The summed E-state index contributed by atoms with van der Waals surface area (Å²) in [6, 6.07) is 13.2. The van der Waals surface area contributed by atoms with Gasteiger partial charge in [-0.15, -0.1) is 11.3 Å². The van der Waals surface area contributed by atoms with Crippen LogP contribution in [0.4, 0.5) is 8.78 Å². The van der Waals surface area contributed by atoms with Crippen LogP contribution in [-0.2, 0) is 16.0 Å². The number of para-hydroxylation sites is 1. The Kier molecular flexibility index (Phi) is 7.81. The van der Waals surface area contributed by atoms with Gasteiger partial charge in [0.1, 0.15) is 19.0 Å². The van der Waals surface area contributed by atoms with Crippen molar-refractivity contribution in [3.8, 4) is 5.75 Å². The summed E-state index contributed by atoms with van der Waals surface area (Å²) in [5, 5.41) is 1.98. The molecule has 3 heterocycles. The molecule has 2 amide bonds. The lowest BCUT2D eigenvalue weighted by Gasteiger charge is -2.37. The number of hydrogen-bond donors (Lipinski definition) is 0. The van der Waals surface area contributed by atoms with E-state index in [9.17, 15) is 18.4 Å². The van der Waals surface area contributed by atoms with Crippen molar-refractivity contribution in [3.63, 3.8) is 0 Å². The summed E-state index contributed by atoms with van der Waals surface area (Å²) in [5.41, 5.74) is 1.16. The molecular weight excluding hydrogens is 498 g/mol. The number of thiophene rings is 1. The zero-order chi connectivity index (χ0) is 25.8. The average Bonchev–Trinajstić information content (AvgIpc) is 3.59. The molecule has 5 rings (SSSR count). The fourth-order valence-electron chi connectivity index (χ4n) is 4.92. The molecule has 1 saturated heterocycles. The maximum absolute atomic E-state index is 14.2. The lowest BCUT2D eigenvalue weighted by Crippen LogP contribution is -2.49. The molecule has 37 heavy (non-hydrogen) atoms. The quantitative estimate of drug-likeness (QED) is 0.421. The molecule has 2 aliphatic heterocycles. The number of benzene rings is 2. The highest BCUT2D eigenvalue weighted by Gasteiger charge is 2.34. The molecule has 0 unspecified atom stereocenters. The van der Waals surface area contributed by atoms with Gasteiger partial charge < -0.3 is 19.3 Å². The van der Waals surface area contributed by atoms with E-state index in [0.717, 1.165) is 18.4 Å². The lowest BCUT2D eigenvalue weighted by atomic mass is 10.00. The van der Waals surface area contributed by atoms with E-state index in [-0.39, 0.29) is 43.0 Å². The van der Waals surface area contributed by atoms with E-state index in [4.69, 9.17) is 9.47 Å². The molecule has 0 spiro atoms. The molecular formula is C28H28F2N2O4S. The fourth-order valence-corrected chi connectivity index (χ4v) is 5.84. The van der Waals surface area contributed by atoms with Crippen LogP contribution >= 0.6 is 11.3 Å². The summed E-state index contributed by atoms with van der Waals surface area (Å²) >= 11 is 1.62. The maximum atomic E-state index is 14.2. The molecule has 6 nitrogen and oxygen atoms in total. The standard InChI is InChI=1S/C28H28F2N2O4S/c29-20-6-3-5-19(15-20)28(34)31(16-21-7-4-13-35-21)17-27(33)32-12-10-26-22(11-14-37-26)24(32)18-36-25-9-2-1-8-23(25)30/h1-3,5-6,8-9,11,14-15,21,24H,4,7,10,12-13,16-18H2/t21-,24-/m0/s1. The number of fused-ring (bicyclic) bond motifs is 1. The van der Waals surface area contributed by atoms with Gasteiger partial charge in [0.25, 0.3) is 5.91 Å². The largest absolute Gasteiger partial charge is 0.488 e. The summed E-state index contributed by atoms with van der Waals surface area (Å²) in [4.78, 5) is 31.4. The van der Waals surface area contributed by atoms with Gasteiger partial charge in [0.05, 0.1) is 12.1 Å². The Morgan fingerprint density at radius 2 is 2.00 bits per heavy atom. The zero-order valence-electron chi connectivity index (χ0n) is 20.3. The molecule has 0 saturated carbocycles. The van der Waals surface area contributed by atoms with E-state index < -0.39 is 23.6 Å². The SMILES string of the molecule is O=C(c1cccc(F)c1)N(CC(=O)N1CCc2sccc2[C@@H]1COc1ccccc1F)C[C@@H]1CCCO1. The second kappa shape index (κ2) is 11.4. The molecule has 1 aromatic heterocycles. The minimum absolute atomic E-state index is 0.0833. The van der Waals surface area contributed by atoms with Crippen LogP contribution < -0.4 is 4.74 Å². The van der Waals surface area contributed by atoms with Crippen molar-refractivity contribution < 1.29 is 27.8 Å². The number of halogens is 2. The van der Waals surface area contributed by atoms with E-state index in [1.165, 1.54) is 34.0 Å². The molecule has 2 atom stereocenters. The third-order valence-electron chi connectivity index (χ3n) is 6.78. The Labute approximate surface area is 218 Å². The second-order valence-corrected chi connectivity index (χ2v) is 10.2. The highest BCUT2D eigenvalue weighted by atomic mass is 32.1. The summed E-state index contributed by atoms with van der Waals surface area (Å²) in [6.45, 7) is 1.22. The summed E-state index contributed by atoms with van der Waals surface area (Å²) < 4.78 is 39.6. The van der Waals surface area contributed by atoms with E-state index in [2.05, 4.69) is 0 Å². The molecule has 0 N–H and O–H groups in total. The molecule has 0 bridgehead atoms. The van der Waals surface area contributed by atoms with Gasteiger partial charge in [0.15, 0.2) is 11.6 Å². The van der Waals surface area contributed by atoms with E-state index in [0.29, 0.717) is 19.6 Å². The van der Waals surface area contributed by atoms with Crippen molar-refractivity contribution in [1.82, 2.24) is 9.80 Å². The number of rotatable bonds is 8. The highest BCUT2D eigenvalue weighted by Crippen LogP contribution is 2.34. The van der Waals surface area contributed by atoms with Crippen LogP contribution in [0, 0.1) is 11.6 Å². The van der Waals surface area contributed by atoms with Crippen LogP contribution in [0.1, 0.15) is 39.7 Å². The summed E-state index contributed by atoms with van der Waals surface area (Å²) in [6.07, 6.45) is 2.21. The molecule has 0 aliphatic carbocycles. The smallest absolute Gasteiger partial charge is 0.254 e. The van der Waals surface area contributed by atoms with Crippen molar-refractivity contribution in [3.05, 3.63) is 87.6 Å². The Bertz CT molecular complexity index is 1260. The predicted molar refractivity (Wildman–Crippen MR) is 136 cm³/mol. The van der Waals surface area contributed by atoms with Crippen LogP contribution in [0.3, 0.4) is 0 Å². The van der Waals surface area contributed by atoms with Crippen molar-refractivity contribution in [2.45, 2.75) is 31.4 Å². The van der Waals surface area contributed by atoms with Gasteiger partial charge in [-0.25, -0.2) is 8.78 Å². The summed E-state index contributed by atoms with van der Waals surface area (Å²) in [7, 11) is 0. The molecule has 1 fully saturated rings. The Morgan fingerprint density at radius 3 is 2.78 bits per heavy atom. The third kappa shape index (κ3) is 5.83. The van der Waals surface area contributed by atoms with Gasteiger partial charge in [0.2, 0.25) is 5.91 Å². The highest BCUT2D eigenvalue weighted by molar-refractivity contribution is 7.10. The number of hydrogen-bond acceptors (Lipinski definition) is 5. The number of nitrogens with zero attached hydrogens (tertiary/aromatic N) is 2. The Balaban J connectivity index is 1.36. The third-order valence-corrected chi connectivity index (χ3v) is 7.78. The average molecular weight is 527 g/mol. The first-order valence-electron chi connectivity index (χ1n) is 12.4. The van der Waals surface area contributed by atoms with E-state index >= 15 is 0 Å². The first kappa shape index (κ1) is 25.4. The van der Waals surface area contributed by atoms with Gasteiger partial charge in [0, 0.05) is 30.1 Å². The second-order valence-electron chi connectivity index (χ2n) is 9.22. The maximum Gasteiger partial charge on any atom is 0.254 e. The number of ether oxygens (including phenoxy) is 2. The fraction of sp³-hybridized carbons (Fsp3) is 0.357. The topological polar surface area (TPSA) is 59.1 Å². The van der Waals surface area contributed by atoms with E-state index in [1.54, 1.807) is 40.5 Å². The van der Waals surface area contributed by atoms with Crippen molar-refractivity contribution in [2.75, 3.05) is 32.8 Å². The van der Waals surface area contributed by atoms with Crippen molar-refractivity contribution >= 4 is 23.2 Å². The van der Waals surface area contributed by atoms with Gasteiger partial charge >= 0.3 is 0 Å². The van der Waals surface area contributed by atoms with E-state index in [1.807, 2.05) is 11.4 Å². The van der Waals surface area contributed by atoms with Crippen LogP contribution in [0.15, 0.2) is 60.0 Å². The van der Waals surface area contributed by atoms with Crippen LogP contribution in [-0.4, -0.2) is 60.6 Å². The van der Waals surface area contributed by atoms with Crippen molar-refractivity contribution in [1.29, 1.82) is 0 Å². The molecule has 194 valence electrons. The van der Waals surface area contributed by atoms with Gasteiger partial charge in [-0.1, -0.05) is 18.2 Å². The molecule has 9 heteroatoms. The molecule has 0 radical (unpaired) electrons.